The summed E-state index contributed by atoms with van der Waals surface area (Å²) in [5.41, 5.74) is 1.58. The monoisotopic (exact) mass is 318 g/mol. The minimum absolute atomic E-state index is 0.232. The number of benzene rings is 1. The molecule has 1 aliphatic heterocycles. The smallest absolute Gasteiger partial charge is 0.338 e. The number of ether oxygens (including phenoxy) is 2. The van der Waals surface area contributed by atoms with E-state index in [0.29, 0.717) is 29.2 Å². The molecule has 6 heteroatoms. The van der Waals surface area contributed by atoms with Gasteiger partial charge >= 0.3 is 12.0 Å². The lowest BCUT2D eigenvalue weighted by atomic mass is 9.95. The number of carbonyl (C=O) groups is 2. The van der Waals surface area contributed by atoms with Gasteiger partial charge in [0, 0.05) is 11.3 Å². The number of hydrogen-bond donors (Lipinski definition) is 2. The van der Waals surface area contributed by atoms with Gasteiger partial charge in [0.05, 0.1) is 25.3 Å². The van der Waals surface area contributed by atoms with Gasteiger partial charge in [-0.15, -0.1) is 0 Å². The fourth-order valence-electron chi connectivity index (χ4n) is 2.42. The first-order valence-corrected chi connectivity index (χ1v) is 7.52. The molecule has 0 saturated heterocycles. The topological polar surface area (TPSA) is 76.7 Å². The maximum Gasteiger partial charge on any atom is 0.338 e. The summed E-state index contributed by atoms with van der Waals surface area (Å²) in [6.07, 6.45) is 0. The fraction of sp³-hybridized carbons (Fsp3) is 0.412. The highest BCUT2D eigenvalue weighted by Gasteiger charge is 2.33. The van der Waals surface area contributed by atoms with Gasteiger partial charge in [0.25, 0.3) is 0 Å². The molecule has 1 aromatic carbocycles. The fourth-order valence-corrected chi connectivity index (χ4v) is 2.42. The number of para-hydroxylation sites is 1. The minimum Gasteiger partial charge on any atom is -0.496 e. The van der Waals surface area contributed by atoms with Crippen molar-refractivity contribution < 1.29 is 19.1 Å². The molecular formula is C17H22N2O4. The maximum absolute atomic E-state index is 12.5. The van der Waals surface area contributed by atoms with Gasteiger partial charge in [0.1, 0.15) is 5.75 Å². The first-order chi connectivity index (χ1) is 10.9. The number of allylic oxidation sites excluding steroid dienone is 1. The highest BCUT2D eigenvalue weighted by molar-refractivity contribution is 5.95. The van der Waals surface area contributed by atoms with Crippen LogP contribution in [0.4, 0.5) is 4.79 Å². The van der Waals surface area contributed by atoms with Gasteiger partial charge in [-0.1, -0.05) is 32.0 Å². The lowest BCUT2D eigenvalue weighted by Crippen LogP contribution is -2.45. The first kappa shape index (κ1) is 16.9. The number of nitrogens with one attached hydrogen (secondary N) is 2. The first-order valence-electron chi connectivity index (χ1n) is 7.52. The molecule has 0 aliphatic carbocycles. The standard InChI is InChI=1S/C17H22N2O4/c1-10(2)9-23-16(20)14-11(3)18-17(21)19-15(14)12-7-5-6-8-13(12)22-4/h5-8,10,15H,9H2,1-4H3,(H2,18,19,21). The molecule has 1 heterocycles. The maximum atomic E-state index is 12.5. The number of rotatable bonds is 5. The minimum atomic E-state index is -0.612. The Hall–Kier alpha value is -2.50. The van der Waals surface area contributed by atoms with Crippen LogP contribution in [-0.2, 0) is 9.53 Å². The molecule has 1 aliphatic rings. The average molecular weight is 318 g/mol. The molecule has 2 amide bonds. The van der Waals surface area contributed by atoms with Crippen molar-refractivity contribution in [2.75, 3.05) is 13.7 Å². The van der Waals surface area contributed by atoms with Crippen LogP contribution >= 0.6 is 0 Å². The third-order valence-electron chi connectivity index (χ3n) is 3.49. The molecule has 23 heavy (non-hydrogen) atoms. The zero-order valence-electron chi connectivity index (χ0n) is 13.8. The van der Waals surface area contributed by atoms with Crippen LogP contribution in [0.2, 0.25) is 0 Å². The van der Waals surface area contributed by atoms with Crippen LogP contribution in [0.15, 0.2) is 35.5 Å². The summed E-state index contributed by atoms with van der Waals surface area (Å²) >= 11 is 0. The van der Waals surface area contributed by atoms with Crippen LogP contribution in [0.3, 0.4) is 0 Å². The number of carbonyl (C=O) groups excluding carboxylic acids is 2. The molecule has 0 bridgehead atoms. The Balaban J connectivity index is 2.40. The van der Waals surface area contributed by atoms with Crippen molar-refractivity contribution >= 4 is 12.0 Å². The second-order valence-corrected chi connectivity index (χ2v) is 5.80. The molecule has 6 nitrogen and oxygen atoms in total. The van der Waals surface area contributed by atoms with E-state index in [1.165, 1.54) is 0 Å². The lowest BCUT2D eigenvalue weighted by Gasteiger charge is -2.29. The molecule has 124 valence electrons. The van der Waals surface area contributed by atoms with Crippen LogP contribution in [-0.4, -0.2) is 25.7 Å². The van der Waals surface area contributed by atoms with Crippen LogP contribution in [0, 0.1) is 5.92 Å². The van der Waals surface area contributed by atoms with E-state index in [1.807, 2.05) is 32.0 Å². The van der Waals surface area contributed by atoms with Crippen molar-refractivity contribution in [3.8, 4) is 5.75 Å². The quantitative estimate of drug-likeness (QED) is 0.818. The molecule has 0 radical (unpaired) electrons. The van der Waals surface area contributed by atoms with Crippen molar-refractivity contribution in [2.45, 2.75) is 26.8 Å². The van der Waals surface area contributed by atoms with Crippen LogP contribution in [0.1, 0.15) is 32.4 Å². The highest BCUT2D eigenvalue weighted by Crippen LogP contribution is 2.33. The molecule has 0 spiro atoms. The number of methoxy groups -OCH3 is 1. The van der Waals surface area contributed by atoms with E-state index in [1.54, 1.807) is 20.1 Å². The summed E-state index contributed by atoms with van der Waals surface area (Å²) in [7, 11) is 1.55. The number of amides is 2. The summed E-state index contributed by atoms with van der Waals surface area (Å²) < 4.78 is 10.7. The Morgan fingerprint density at radius 2 is 2.00 bits per heavy atom. The highest BCUT2D eigenvalue weighted by atomic mass is 16.5. The van der Waals surface area contributed by atoms with E-state index in [9.17, 15) is 9.59 Å². The van der Waals surface area contributed by atoms with Crippen molar-refractivity contribution in [1.29, 1.82) is 0 Å². The third kappa shape index (κ3) is 3.83. The van der Waals surface area contributed by atoms with E-state index >= 15 is 0 Å². The molecule has 0 fully saturated rings. The predicted molar refractivity (Wildman–Crippen MR) is 85.9 cm³/mol. The van der Waals surface area contributed by atoms with Gasteiger partial charge in [-0.3, -0.25) is 0 Å². The van der Waals surface area contributed by atoms with Gasteiger partial charge in [-0.25, -0.2) is 9.59 Å². The SMILES string of the molecule is COc1ccccc1C1NC(=O)NC(C)=C1C(=O)OCC(C)C. The Bertz CT molecular complexity index is 637. The lowest BCUT2D eigenvalue weighted by molar-refractivity contribution is -0.140. The molecule has 1 unspecified atom stereocenters. The zero-order valence-corrected chi connectivity index (χ0v) is 13.8. The molecule has 0 saturated carbocycles. The van der Waals surface area contributed by atoms with Crippen LogP contribution < -0.4 is 15.4 Å². The van der Waals surface area contributed by atoms with Crippen molar-refractivity contribution in [2.24, 2.45) is 5.92 Å². The van der Waals surface area contributed by atoms with Crippen molar-refractivity contribution in [3.63, 3.8) is 0 Å². The van der Waals surface area contributed by atoms with Gasteiger partial charge in [0.15, 0.2) is 0 Å². The normalized spacial score (nSPS) is 17.6. The van der Waals surface area contributed by atoms with Crippen molar-refractivity contribution in [1.82, 2.24) is 10.6 Å². The number of urea groups is 1. The molecule has 0 aromatic heterocycles. The van der Waals surface area contributed by atoms with E-state index in [2.05, 4.69) is 10.6 Å². The number of esters is 1. The second kappa shape index (κ2) is 7.17. The molecular weight excluding hydrogens is 296 g/mol. The van der Waals surface area contributed by atoms with Gasteiger partial charge in [-0.2, -0.15) is 0 Å². The summed E-state index contributed by atoms with van der Waals surface area (Å²) in [5.74, 6) is 0.386. The zero-order chi connectivity index (χ0) is 17.0. The molecule has 2 rings (SSSR count). The Labute approximate surface area is 135 Å². The predicted octanol–water partition coefficient (Wildman–Crippen LogP) is 2.52. The van der Waals surface area contributed by atoms with Gasteiger partial charge in [0.2, 0.25) is 0 Å². The van der Waals surface area contributed by atoms with E-state index in [0.717, 1.165) is 0 Å². The van der Waals surface area contributed by atoms with E-state index < -0.39 is 12.0 Å². The van der Waals surface area contributed by atoms with Gasteiger partial charge in [-0.05, 0) is 18.9 Å². The van der Waals surface area contributed by atoms with E-state index in [-0.39, 0.29) is 11.9 Å². The van der Waals surface area contributed by atoms with Crippen LogP contribution in [0.25, 0.3) is 0 Å². The summed E-state index contributed by atoms with van der Waals surface area (Å²) in [6.45, 7) is 5.94. The molecule has 1 atom stereocenters. The Morgan fingerprint density at radius 1 is 1.30 bits per heavy atom. The Kier molecular flexibility index (Phi) is 5.26. The summed E-state index contributed by atoms with van der Waals surface area (Å²) in [4.78, 5) is 24.3. The average Bonchev–Trinajstić information content (AvgIpc) is 2.51. The molecule has 1 aromatic rings. The van der Waals surface area contributed by atoms with Gasteiger partial charge < -0.3 is 20.1 Å². The number of hydrogen-bond acceptors (Lipinski definition) is 4. The third-order valence-corrected chi connectivity index (χ3v) is 3.49. The van der Waals surface area contributed by atoms with Crippen LogP contribution in [0.5, 0.6) is 5.75 Å². The van der Waals surface area contributed by atoms with Crippen molar-refractivity contribution in [3.05, 3.63) is 41.1 Å². The molecule has 2 N–H and O–H groups in total. The van der Waals surface area contributed by atoms with E-state index in [4.69, 9.17) is 9.47 Å². The summed E-state index contributed by atoms with van der Waals surface area (Å²) in [6, 6.07) is 6.30. The Morgan fingerprint density at radius 3 is 2.65 bits per heavy atom. The summed E-state index contributed by atoms with van der Waals surface area (Å²) in [5, 5.41) is 5.39. The second-order valence-electron chi connectivity index (χ2n) is 5.80. The largest absolute Gasteiger partial charge is 0.496 e.